The van der Waals surface area contributed by atoms with Gasteiger partial charge in [-0.1, -0.05) is 30.3 Å². The van der Waals surface area contributed by atoms with Gasteiger partial charge in [-0.3, -0.25) is 4.79 Å². The van der Waals surface area contributed by atoms with Crippen molar-refractivity contribution < 1.29 is 4.79 Å². The van der Waals surface area contributed by atoms with Crippen LogP contribution in [0.3, 0.4) is 0 Å². The van der Waals surface area contributed by atoms with Crippen molar-refractivity contribution in [3.8, 4) is 0 Å². The number of amides is 1. The summed E-state index contributed by atoms with van der Waals surface area (Å²) >= 11 is 0. The van der Waals surface area contributed by atoms with E-state index in [2.05, 4.69) is 44.6 Å². The summed E-state index contributed by atoms with van der Waals surface area (Å²) < 4.78 is 0. The maximum atomic E-state index is 12.3. The lowest BCUT2D eigenvalue weighted by Gasteiger charge is -2.16. The summed E-state index contributed by atoms with van der Waals surface area (Å²) in [5.41, 5.74) is 1.55. The Kier molecular flexibility index (Phi) is 6.89. The number of aryl methyl sites for hydroxylation is 1. The van der Waals surface area contributed by atoms with Crippen molar-refractivity contribution in [2.24, 2.45) is 0 Å². The second-order valence-corrected chi connectivity index (χ2v) is 6.38. The Morgan fingerprint density at radius 2 is 1.92 bits per heavy atom. The van der Waals surface area contributed by atoms with Crippen LogP contribution in [0.1, 0.15) is 41.3 Å². The summed E-state index contributed by atoms with van der Waals surface area (Å²) in [6.07, 6.45) is 0.902. The Hall–Kier alpha value is -2.47. The normalized spacial score (nSPS) is 12.0. The average molecular weight is 341 g/mol. The number of aromatic nitrogens is 2. The van der Waals surface area contributed by atoms with Gasteiger partial charge in [0.2, 0.25) is 0 Å². The molecular weight excluding hydrogens is 314 g/mol. The summed E-state index contributed by atoms with van der Waals surface area (Å²) in [5.74, 6) is 1.06. The predicted octanol–water partition coefficient (Wildman–Crippen LogP) is 2.64. The summed E-state index contributed by atoms with van der Waals surface area (Å²) in [4.78, 5) is 23.0. The molecular formula is C19H27N5O. The van der Waals surface area contributed by atoms with Crippen molar-refractivity contribution >= 4 is 11.7 Å². The minimum atomic E-state index is -0.167. The number of benzene rings is 1. The van der Waals surface area contributed by atoms with E-state index in [1.165, 1.54) is 0 Å². The molecule has 134 valence electrons. The van der Waals surface area contributed by atoms with Crippen LogP contribution in [-0.2, 0) is 0 Å². The highest BCUT2D eigenvalue weighted by Crippen LogP contribution is 2.18. The maximum Gasteiger partial charge on any atom is 0.270 e. The van der Waals surface area contributed by atoms with E-state index in [1.807, 2.05) is 32.3 Å². The predicted molar refractivity (Wildman–Crippen MR) is 101 cm³/mol. The Bertz CT molecular complexity index is 687. The van der Waals surface area contributed by atoms with Gasteiger partial charge in [0, 0.05) is 18.7 Å². The van der Waals surface area contributed by atoms with Crippen molar-refractivity contribution in [1.82, 2.24) is 20.2 Å². The maximum absolute atomic E-state index is 12.3. The monoisotopic (exact) mass is 341 g/mol. The molecule has 1 heterocycles. The topological polar surface area (TPSA) is 70.2 Å². The number of anilines is 1. The molecule has 25 heavy (non-hydrogen) atoms. The molecule has 1 unspecified atom stereocenters. The highest BCUT2D eigenvalue weighted by Gasteiger charge is 2.12. The summed E-state index contributed by atoms with van der Waals surface area (Å²) in [6.45, 7) is 5.42. The Morgan fingerprint density at radius 1 is 1.20 bits per heavy atom. The number of nitrogens with zero attached hydrogens (tertiary/aromatic N) is 3. The molecule has 0 aliphatic rings. The number of carbonyl (C=O) groups is 1. The van der Waals surface area contributed by atoms with E-state index >= 15 is 0 Å². The largest absolute Gasteiger partial charge is 0.363 e. The zero-order chi connectivity index (χ0) is 18.2. The number of rotatable bonds is 8. The van der Waals surface area contributed by atoms with Gasteiger partial charge in [0.05, 0.1) is 0 Å². The van der Waals surface area contributed by atoms with E-state index < -0.39 is 0 Å². The number of carbonyl (C=O) groups excluding carboxylic acids is 1. The zero-order valence-corrected chi connectivity index (χ0v) is 15.4. The molecule has 0 spiro atoms. The lowest BCUT2D eigenvalue weighted by atomic mass is 10.1. The molecule has 2 aromatic rings. The minimum absolute atomic E-state index is 0.0894. The van der Waals surface area contributed by atoms with Gasteiger partial charge in [0.1, 0.15) is 17.3 Å². The average Bonchev–Trinajstić information content (AvgIpc) is 2.58. The third kappa shape index (κ3) is 6.15. The van der Waals surface area contributed by atoms with Crippen LogP contribution < -0.4 is 10.6 Å². The van der Waals surface area contributed by atoms with Crippen molar-refractivity contribution in [1.29, 1.82) is 0 Å². The van der Waals surface area contributed by atoms with E-state index in [4.69, 9.17) is 0 Å². The zero-order valence-electron chi connectivity index (χ0n) is 15.4. The van der Waals surface area contributed by atoms with Crippen LogP contribution in [-0.4, -0.2) is 48.0 Å². The fourth-order valence-electron chi connectivity index (χ4n) is 2.49. The molecule has 1 aromatic heterocycles. The summed E-state index contributed by atoms with van der Waals surface area (Å²) in [7, 11) is 4.03. The molecule has 0 fully saturated rings. The summed E-state index contributed by atoms with van der Waals surface area (Å²) in [6, 6.07) is 11.9. The van der Waals surface area contributed by atoms with Crippen LogP contribution in [0.15, 0.2) is 36.4 Å². The fraction of sp³-hybridized carbons (Fsp3) is 0.421. The van der Waals surface area contributed by atoms with Crippen molar-refractivity contribution in [3.05, 3.63) is 53.5 Å². The summed E-state index contributed by atoms with van der Waals surface area (Å²) in [5, 5.41) is 6.25. The first-order valence-electron chi connectivity index (χ1n) is 8.56. The molecule has 0 bridgehead atoms. The first-order valence-corrected chi connectivity index (χ1v) is 8.56. The number of hydrogen-bond donors (Lipinski definition) is 2. The molecule has 0 aliphatic carbocycles. The first kappa shape index (κ1) is 18.9. The molecule has 1 amide bonds. The van der Waals surface area contributed by atoms with Crippen LogP contribution in [0.5, 0.6) is 0 Å². The quantitative estimate of drug-likeness (QED) is 0.722. The van der Waals surface area contributed by atoms with E-state index in [0.29, 0.717) is 23.9 Å². The number of nitrogens with one attached hydrogen (secondary N) is 2. The Balaban J connectivity index is 2.00. The minimum Gasteiger partial charge on any atom is -0.363 e. The van der Waals surface area contributed by atoms with Crippen LogP contribution in [0, 0.1) is 6.92 Å². The van der Waals surface area contributed by atoms with Gasteiger partial charge in [0.25, 0.3) is 5.91 Å². The van der Waals surface area contributed by atoms with E-state index in [9.17, 15) is 4.79 Å². The molecule has 2 rings (SSSR count). The highest BCUT2D eigenvalue weighted by molar-refractivity contribution is 5.92. The Labute approximate surface area is 149 Å². The van der Waals surface area contributed by atoms with Gasteiger partial charge in [-0.05, 0) is 46.5 Å². The van der Waals surface area contributed by atoms with Crippen molar-refractivity contribution in [2.75, 3.05) is 32.5 Å². The van der Waals surface area contributed by atoms with Crippen LogP contribution in [0.2, 0.25) is 0 Å². The van der Waals surface area contributed by atoms with Crippen molar-refractivity contribution in [2.45, 2.75) is 26.3 Å². The molecule has 6 heteroatoms. The fourth-order valence-corrected chi connectivity index (χ4v) is 2.49. The van der Waals surface area contributed by atoms with Crippen LogP contribution in [0.4, 0.5) is 5.82 Å². The van der Waals surface area contributed by atoms with E-state index in [1.54, 1.807) is 13.0 Å². The molecule has 2 N–H and O–H groups in total. The van der Waals surface area contributed by atoms with Gasteiger partial charge >= 0.3 is 0 Å². The third-order valence-corrected chi connectivity index (χ3v) is 3.80. The molecule has 0 saturated carbocycles. The molecule has 0 aliphatic heterocycles. The van der Waals surface area contributed by atoms with E-state index in [0.717, 1.165) is 18.5 Å². The lowest BCUT2D eigenvalue weighted by Crippen LogP contribution is -2.28. The van der Waals surface area contributed by atoms with Crippen LogP contribution >= 0.6 is 0 Å². The molecule has 6 nitrogen and oxygen atoms in total. The Morgan fingerprint density at radius 3 is 2.60 bits per heavy atom. The van der Waals surface area contributed by atoms with Gasteiger partial charge < -0.3 is 15.5 Å². The molecule has 0 radical (unpaired) electrons. The second kappa shape index (κ2) is 9.13. The van der Waals surface area contributed by atoms with Crippen molar-refractivity contribution in [3.63, 3.8) is 0 Å². The smallest absolute Gasteiger partial charge is 0.270 e. The van der Waals surface area contributed by atoms with Gasteiger partial charge in [-0.2, -0.15) is 0 Å². The second-order valence-electron chi connectivity index (χ2n) is 6.38. The SMILES string of the molecule is Cc1nc(NC(C)c2ccccc2)cc(C(=O)NCCCN(C)C)n1. The molecule has 1 atom stereocenters. The van der Waals surface area contributed by atoms with Gasteiger partial charge in [-0.25, -0.2) is 9.97 Å². The van der Waals surface area contributed by atoms with Crippen LogP contribution in [0.25, 0.3) is 0 Å². The highest BCUT2D eigenvalue weighted by atomic mass is 16.1. The van der Waals surface area contributed by atoms with Gasteiger partial charge in [0.15, 0.2) is 0 Å². The molecule has 0 saturated heterocycles. The van der Waals surface area contributed by atoms with E-state index in [-0.39, 0.29) is 11.9 Å². The lowest BCUT2D eigenvalue weighted by molar-refractivity contribution is 0.0947. The number of hydrogen-bond acceptors (Lipinski definition) is 5. The van der Waals surface area contributed by atoms with Gasteiger partial charge in [-0.15, -0.1) is 0 Å². The standard InChI is InChI=1S/C19H27N5O/c1-14(16-9-6-5-7-10-16)21-18-13-17(22-15(2)23-18)19(25)20-11-8-12-24(3)4/h5-7,9-10,13-14H,8,11-12H2,1-4H3,(H,20,25)(H,21,22,23). The first-order chi connectivity index (χ1) is 12.0. The third-order valence-electron chi connectivity index (χ3n) is 3.80. The molecule has 1 aromatic carbocycles.